The summed E-state index contributed by atoms with van der Waals surface area (Å²) in [4.78, 5) is 34.3. The van der Waals surface area contributed by atoms with Gasteiger partial charge >= 0.3 is 6.03 Å². The molecule has 0 aromatic carbocycles. The van der Waals surface area contributed by atoms with Crippen LogP contribution < -0.4 is 10.6 Å². The minimum Gasteiger partial charge on any atom is -0.504 e. The molecule has 0 fully saturated rings. The van der Waals surface area contributed by atoms with Crippen LogP contribution in [0.2, 0.25) is 18.1 Å². The van der Waals surface area contributed by atoms with E-state index < -0.39 is 20.3 Å². The van der Waals surface area contributed by atoms with Gasteiger partial charge in [-0.25, -0.2) is 4.79 Å². The Morgan fingerprint density at radius 3 is 2.58 bits per heavy atom. The monoisotopic (exact) mass is 384 g/mol. The van der Waals surface area contributed by atoms with Crippen molar-refractivity contribution in [3.8, 4) is 0 Å². The summed E-state index contributed by atoms with van der Waals surface area (Å²) in [6, 6.07) is -0.769. The van der Waals surface area contributed by atoms with Gasteiger partial charge in [0.1, 0.15) is 0 Å². The number of hydrogen-bond acceptors (Lipinski definition) is 5. The molecule has 0 unspecified atom stereocenters. The molecule has 0 saturated carbocycles. The lowest BCUT2D eigenvalue weighted by molar-refractivity contribution is -0.115. The van der Waals surface area contributed by atoms with Crippen molar-refractivity contribution in [2.45, 2.75) is 50.9 Å². The summed E-state index contributed by atoms with van der Waals surface area (Å²) in [5.41, 5.74) is 1.11. The molecule has 0 saturated heterocycles. The van der Waals surface area contributed by atoms with E-state index in [2.05, 4.69) is 29.2 Å². The second-order valence-electron chi connectivity index (χ2n) is 7.90. The molecule has 0 heterocycles. The van der Waals surface area contributed by atoms with Crippen LogP contribution in [0.15, 0.2) is 24.0 Å². The Hall–Kier alpha value is -1.64. The van der Waals surface area contributed by atoms with E-state index in [1.165, 1.54) is 13.4 Å². The van der Waals surface area contributed by atoms with E-state index in [1.807, 2.05) is 19.2 Å². The summed E-state index contributed by atoms with van der Waals surface area (Å²) in [6.45, 7) is 8.52. The standard InChI is InChI=1S/C18H32N2O5Si/c1-18(2,26(5,6)23)11-14-9-13(12-25-4)10-15(14)19-17(22)20-16(21)7-8-24-3/h7-8,10,14-15,23H,9,11-12H2,1-6H3,(H2,19,20,21,22)/b8-7+/t14-,15-/m1/s1. The Labute approximate surface area is 157 Å². The third-order valence-corrected chi connectivity index (χ3v) is 8.61. The molecule has 0 radical (unpaired) electrons. The summed E-state index contributed by atoms with van der Waals surface area (Å²) < 4.78 is 9.88. The van der Waals surface area contributed by atoms with Gasteiger partial charge in [0, 0.05) is 13.2 Å². The lowest BCUT2D eigenvalue weighted by Crippen LogP contribution is -2.47. The lowest BCUT2D eigenvalue weighted by atomic mass is 9.90. The van der Waals surface area contributed by atoms with Crippen molar-refractivity contribution < 1.29 is 23.9 Å². The summed E-state index contributed by atoms with van der Waals surface area (Å²) >= 11 is 0. The van der Waals surface area contributed by atoms with Crippen molar-refractivity contribution in [2.75, 3.05) is 20.8 Å². The lowest BCUT2D eigenvalue weighted by Gasteiger charge is -2.38. The highest BCUT2D eigenvalue weighted by molar-refractivity contribution is 6.72. The molecule has 1 rings (SSSR count). The topological polar surface area (TPSA) is 96.9 Å². The number of amides is 3. The molecule has 148 valence electrons. The van der Waals surface area contributed by atoms with E-state index in [0.29, 0.717) is 6.61 Å². The van der Waals surface area contributed by atoms with E-state index in [0.717, 1.165) is 24.5 Å². The van der Waals surface area contributed by atoms with Crippen LogP contribution in [0, 0.1) is 5.92 Å². The van der Waals surface area contributed by atoms with Gasteiger partial charge in [0.15, 0.2) is 8.32 Å². The molecule has 1 aliphatic carbocycles. The molecular formula is C18H32N2O5Si. The first kappa shape index (κ1) is 22.4. The van der Waals surface area contributed by atoms with Crippen molar-refractivity contribution >= 4 is 20.3 Å². The highest BCUT2D eigenvalue weighted by Gasteiger charge is 2.42. The van der Waals surface area contributed by atoms with Gasteiger partial charge < -0.3 is 19.6 Å². The minimum absolute atomic E-state index is 0.143. The van der Waals surface area contributed by atoms with E-state index in [9.17, 15) is 14.4 Å². The average Bonchev–Trinajstić information content (AvgIpc) is 2.85. The van der Waals surface area contributed by atoms with Gasteiger partial charge in [0.05, 0.1) is 26.0 Å². The van der Waals surface area contributed by atoms with Gasteiger partial charge in [0.25, 0.3) is 5.91 Å². The maximum atomic E-state index is 12.1. The number of nitrogens with one attached hydrogen (secondary N) is 2. The van der Waals surface area contributed by atoms with E-state index in [4.69, 9.17) is 4.74 Å². The number of rotatable bonds is 8. The Morgan fingerprint density at radius 2 is 2.04 bits per heavy atom. The quantitative estimate of drug-likeness (QED) is 0.258. The zero-order valence-corrected chi connectivity index (χ0v) is 17.6. The fourth-order valence-corrected chi connectivity index (χ4v) is 3.71. The number of carbonyl (C=O) groups excluding carboxylic acids is 2. The zero-order valence-electron chi connectivity index (χ0n) is 16.6. The SMILES string of the molecule is CO/C=C/C(=O)NC(=O)N[C@@H]1C=C(COC)C[C@@H]1CC(C)(C)[Si](C)(C)O. The van der Waals surface area contributed by atoms with Gasteiger partial charge in [-0.05, 0) is 42.5 Å². The predicted octanol–water partition coefficient (Wildman–Crippen LogP) is 2.30. The summed E-state index contributed by atoms with van der Waals surface area (Å²) in [6.07, 6.45) is 5.90. The zero-order chi connectivity index (χ0) is 20.0. The van der Waals surface area contributed by atoms with Gasteiger partial charge in [-0.1, -0.05) is 19.9 Å². The Morgan fingerprint density at radius 1 is 1.38 bits per heavy atom. The molecule has 3 amide bonds. The van der Waals surface area contributed by atoms with E-state index >= 15 is 0 Å². The number of carbonyl (C=O) groups is 2. The number of imide groups is 1. The first-order valence-electron chi connectivity index (χ1n) is 8.72. The molecule has 1 aliphatic rings. The summed E-state index contributed by atoms with van der Waals surface area (Å²) in [7, 11) is 0.693. The fraction of sp³-hybridized carbons (Fsp3) is 0.667. The van der Waals surface area contributed by atoms with Gasteiger partial charge in [0.2, 0.25) is 0 Å². The smallest absolute Gasteiger partial charge is 0.322 e. The molecule has 3 N–H and O–H groups in total. The van der Waals surface area contributed by atoms with Crippen LogP contribution in [0.3, 0.4) is 0 Å². The molecule has 8 heteroatoms. The summed E-state index contributed by atoms with van der Waals surface area (Å²) in [5.74, 6) is -0.409. The number of urea groups is 1. The molecule has 7 nitrogen and oxygen atoms in total. The van der Waals surface area contributed by atoms with Crippen LogP contribution in [0.5, 0.6) is 0 Å². The van der Waals surface area contributed by atoms with Crippen molar-refractivity contribution in [3.63, 3.8) is 0 Å². The van der Waals surface area contributed by atoms with Gasteiger partial charge in [-0.15, -0.1) is 0 Å². The predicted molar refractivity (Wildman–Crippen MR) is 103 cm³/mol. The Balaban J connectivity index is 2.80. The van der Waals surface area contributed by atoms with Crippen LogP contribution in [0.4, 0.5) is 4.79 Å². The Kier molecular flexibility index (Phi) is 8.04. The second kappa shape index (κ2) is 9.34. The van der Waals surface area contributed by atoms with Crippen LogP contribution >= 0.6 is 0 Å². The Bertz CT molecular complexity index is 566. The van der Waals surface area contributed by atoms with Gasteiger partial charge in [-0.3, -0.25) is 10.1 Å². The maximum Gasteiger partial charge on any atom is 0.322 e. The first-order valence-corrected chi connectivity index (χ1v) is 11.7. The highest BCUT2D eigenvalue weighted by Crippen LogP contribution is 2.45. The minimum atomic E-state index is -2.36. The maximum absolute atomic E-state index is 12.1. The van der Waals surface area contributed by atoms with Crippen molar-refractivity contribution in [3.05, 3.63) is 24.0 Å². The largest absolute Gasteiger partial charge is 0.504 e. The van der Waals surface area contributed by atoms with Crippen molar-refractivity contribution in [1.29, 1.82) is 0 Å². The number of methoxy groups -OCH3 is 2. The fourth-order valence-electron chi connectivity index (χ4n) is 2.95. The van der Waals surface area contributed by atoms with Gasteiger partial charge in [-0.2, -0.15) is 0 Å². The van der Waals surface area contributed by atoms with E-state index in [1.54, 1.807) is 7.11 Å². The van der Waals surface area contributed by atoms with Crippen LogP contribution in [-0.4, -0.2) is 51.9 Å². The molecular weight excluding hydrogens is 352 g/mol. The third-order valence-electron chi connectivity index (χ3n) is 5.10. The van der Waals surface area contributed by atoms with Crippen molar-refractivity contribution in [2.24, 2.45) is 5.92 Å². The summed E-state index contributed by atoms with van der Waals surface area (Å²) in [5, 5.41) is 4.89. The molecule has 0 aromatic heterocycles. The highest BCUT2D eigenvalue weighted by atomic mass is 28.4. The molecule has 0 aliphatic heterocycles. The number of hydrogen-bond donors (Lipinski definition) is 3. The molecule has 26 heavy (non-hydrogen) atoms. The molecule has 0 spiro atoms. The molecule has 0 aromatic rings. The molecule has 2 atom stereocenters. The van der Waals surface area contributed by atoms with Crippen LogP contribution in [0.25, 0.3) is 0 Å². The van der Waals surface area contributed by atoms with Crippen molar-refractivity contribution in [1.82, 2.24) is 10.6 Å². The normalized spacial score (nSPS) is 20.8. The van der Waals surface area contributed by atoms with Crippen LogP contribution in [0.1, 0.15) is 26.7 Å². The van der Waals surface area contributed by atoms with E-state index in [-0.39, 0.29) is 17.0 Å². The first-order chi connectivity index (χ1) is 12.0. The third kappa shape index (κ3) is 6.58. The van der Waals surface area contributed by atoms with Crippen LogP contribution in [-0.2, 0) is 14.3 Å². The average molecular weight is 385 g/mol. The molecule has 0 bridgehead atoms. The number of ether oxygens (including phenoxy) is 2. The second-order valence-corrected chi connectivity index (χ2v) is 12.4.